The van der Waals surface area contributed by atoms with E-state index >= 15 is 0 Å². The molecule has 0 aromatic heterocycles. The number of rotatable bonds is 6. The van der Waals surface area contributed by atoms with Crippen LogP contribution >= 0.6 is 0 Å². The van der Waals surface area contributed by atoms with Crippen molar-refractivity contribution in [1.29, 1.82) is 0 Å². The summed E-state index contributed by atoms with van der Waals surface area (Å²) in [6, 6.07) is 6.82. The summed E-state index contributed by atoms with van der Waals surface area (Å²) in [5.74, 6) is 1.44. The Morgan fingerprint density at radius 3 is 2.70 bits per heavy atom. The fraction of sp³-hybridized carbons (Fsp3) is 0.357. The minimum Gasteiger partial charge on any atom is -0.492 e. The highest BCUT2D eigenvalue weighted by atomic mass is 32.2. The molecule has 1 N–H and O–H groups in total. The van der Waals surface area contributed by atoms with Crippen LogP contribution in [0, 0.1) is 12.3 Å². The first-order valence-corrected chi connectivity index (χ1v) is 7.81. The SMILES string of the molecule is C#CCS(=O)(=O)C(C)C(=O)Nc1ccccc1OCC. The third kappa shape index (κ3) is 4.00. The van der Waals surface area contributed by atoms with Crippen molar-refractivity contribution in [2.75, 3.05) is 17.7 Å². The van der Waals surface area contributed by atoms with E-state index in [1.165, 1.54) is 6.92 Å². The monoisotopic (exact) mass is 295 g/mol. The smallest absolute Gasteiger partial charge is 0.242 e. The average molecular weight is 295 g/mol. The summed E-state index contributed by atoms with van der Waals surface area (Å²) in [6.07, 6.45) is 4.99. The number of anilines is 1. The predicted molar refractivity (Wildman–Crippen MR) is 78.3 cm³/mol. The molecule has 1 atom stereocenters. The van der Waals surface area contributed by atoms with E-state index in [-0.39, 0.29) is 0 Å². The number of ether oxygens (including phenoxy) is 1. The fourth-order valence-electron chi connectivity index (χ4n) is 1.49. The van der Waals surface area contributed by atoms with E-state index in [0.717, 1.165) is 0 Å². The van der Waals surface area contributed by atoms with Gasteiger partial charge in [-0.3, -0.25) is 4.79 Å². The van der Waals surface area contributed by atoms with E-state index in [4.69, 9.17) is 11.2 Å². The van der Waals surface area contributed by atoms with Gasteiger partial charge in [0.2, 0.25) is 5.91 Å². The summed E-state index contributed by atoms with van der Waals surface area (Å²) in [5, 5.41) is 1.33. The van der Waals surface area contributed by atoms with E-state index in [1.54, 1.807) is 24.3 Å². The van der Waals surface area contributed by atoms with Gasteiger partial charge in [0, 0.05) is 0 Å². The number of hydrogen-bond donors (Lipinski definition) is 1. The summed E-state index contributed by atoms with van der Waals surface area (Å²) in [5.41, 5.74) is 0.433. The van der Waals surface area contributed by atoms with Gasteiger partial charge in [0.1, 0.15) is 16.8 Å². The Labute approximate surface area is 119 Å². The number of para-hydroxylation sites is 2. The van der Waals surface area contributed by atoms with Crippen molar-refractivity contribution in [3.63, 3.8) is 0 Å². The third-order valence-corrected chi connectivity index (χ3v) is 4.50. The van der Waals surface area contributed by atoms with Crippen LogP contribution in [0.5, 0.6) is 5.75 Å². The van der Waals surface area contributed by atoms with Gasteiger partial charge >= 0.3 is 0 Å². The molecule has 0 aliphatic rings. The van der Waals surface area contributed by atoms with Crippen molar-refractivity contribution < 1.29 is 17.9 Å². The lowest BCUT2D eigenvalue weighted by molar-refractivity contribution is -0.115. The van der Waals surface area contributed by atoms with Crippen LogP contribution < -0.4 is 10.1 Å². The molecule has 0 spiro atoms. The zero-order valence-corrected chi connectivity index (χ0v) is 12.2. The number of amides is 1. The lowest BCUT2D eigenvalue weighted by atomic mass is 10.3. The Morgan fingerprint density at radius 2 is 2.10 bits per heavy atom. The van der Waals surface area contributed by atoms with E-state index in [1.807, 2.05) is 12.8 Å². The fourth-order valence-corrected chi connectivity index (χ4v) is 2.36. The Balaban J connectivity index is 2.89. The van der Waals surface area contributed by atoms with Crippen LogP contribution in [0.1, 0.15) is 13.8 Å². The topological polar surface area (TPSA) is 72.5 Å². The number of benzene rings is 1. The molecule has 0 saturated heterocycles. The maximum Gasteiger partial charge on any atom is 0.242 e. The van der Waals surface area contributed by atoms with Crippen molar-refractivity contribution in [3.05, 3.63) is 24.3 Å². The number of nitrogens with one attached hydrogen (secondary N) is 1. The Kier molecular flexibility index (Phi) is 5.59. The number of sulfone groups is 1. The normalized spacial score (nSPS) is 12.2. The Hall–Kier alpha value is -2.00. The molecule has 108 valence electrons. The molecular formula is C14H17NO4S. The molecule has 0 heterocycles. The second-order valence-corrected chi connectivity index (χ2v) is 6.39. The van der Waals surface area contributed by atoms with Gasteiger partial charge in [0.15, 0.2) is 9.84 Å². The molecule has 0 bridgehead atoms. The standard InChI is InChI=1S/C14H17NO4S/c1-4-10-20(17,18)11(3)14(16)15-12-8-6-7-9-13(12)19-5-2/h1,6-9,11H,5,10H2,2-3H3,(H,15,16). The summed E-state index contributed by atoms with van der Waals surface area (Å²) < 4.78 is 28.8. The van der Waals surface area contributed by atoms with Gasteiger partial charge in [-0.2, -0.15) is 0 Å². The first-order valence-electron chi connectivity index (χ1n) is 6.10. The van der Waals surface area contributed by atoms with Crippen LogP contribution in [0.15, 0.2) is 24.3 Å². The summed E-state index contributed by atoms with van der Waals surface area (Å²) in [6.45, 7) is 3.57. The molecule has 1 unspecified atom stereocenters. The highest BCUT2D eigenvalue weighted by Crippen LogP contribution is 2.24. The molecule has 1 aromatic rings. The third-order valence-electron chi connectivity index (χ3n) is 2.64. The summed E-state index contributed by atoms with van der Waals surface area (Å²) in [4.78, 5) is 12.0. The number of carbonyl (C=O) groups excluding carboxylic acids is 1. The van der Waals surface area contributed by atoms with Crippen molar-refractivity contribution in [3.8, 4) is 18.1 Å². The molecule has 0 aliphatic heterocycles. The Morgan fingerprint density at radius 1 is 1.45 bits per heavy atom. The van der Waals surface area contributed by atoms with Crippen LogP contribution in [0.3, 0.4) is 0 Å². The number of hydrogen-bond acceptors (Lipinski definition) is 4. The maximum atomic E-state index is 12.0. The Bertz CT molecular complexity index is 616. The molecule has 1 rings (SSSR count). The van der Waals surface area contributed by atoms with Crippen molar-refractivity contribution in [1.82, 2.24) is 0 Å². The highest BCUT2D eigenvalue weighted by molar-refractivity contribution is 7.93. The molecule has 5 nitrogen and oxygen atoms in total. The summed E-state index contributed by atoms with van der Waals surface area (Å²) >= 11 is 0. The lowest BCUT2D eigenvalue weighted by Crippen LogP contribution is -2.34. The zero-order valence-electron chi connectivity index (χ0n) is 11.4. The van der Waals surface area contributed by atoms with Crippen LogP contribution in [0.4, 0.5) is 5.69 Å². The van der Waals surface area contributed by atoms with E-state index in [0.29, 0.717) is 18.0 Å². The van der Waals surface area contributed by atoms with Gasteiger partial charge in [-0.1, -0.05) is 18.1 Å². The maximum absolute atomic E-state index is 12.0. The van der Waals surface area contributed by atoms with E-state index in [2.05, 4.69) is 5.32 Å². The van der Waals surface area contributed by atoms with E-state index < -0.39 is 26.7 Å². The quantitative estimate of drug-likeness (QED) is 0.806. The van der Waals surface area contributed by atoms with Crippen LogP contribution in [-0.4, -0.2) is 31.9 Å². The van der Waals surface area contributed by atoms with Crippen LogP contribution in [0.2, 0.25) is 0 Å². The van der Waals surface area contributed by atoms with Gasteiger partial charge in [-0.25, -0.2) is 8.42 Å². The molecular weight excluding hydrogens is 278 g/mol. The van der Waals surface area contributed by atoms with Gasteiger partial charge in [-0.15, -0.1) is 6.42 Å². The van der Waals surface area contributed by atoms with Crippen LogP contribution in [-0.2, 0) is 14.6 Å². The second kappa shape index (κ2) is 6.96. The van der Waals surface area contributed by atoms with Crippen molar-refractivity contribution in [2.24, 2.45) is 0 Å². The molecule has 1 amide bonds. The van der Waals surface area contributed by atoms with Gasteiger partial charge in [0.05, 0.1) is 12.3 Å². The molecule has 0 saturated carbocycles. The van der Waals surface area contributed by atoms with Crippen molar-refractivity contribution in [2.45, 2.75) is 19.1 Å². The zero-order chi connectivity index (χ0) is 15.2. The first kappa shape index (κ1) is 16.1. The number of terminal acetylenes is 1. The van der Waals surface area contributed by atoms with Gasteiger partial charge in [0.25, 0.3) is 0 Å². The largest absolute Gasteiger partial charge is 0.492 e. The molecule has 1 aromatic carbocycles. The van der Waals surface area contributed by atoms with Gasteiger partial charge in [-0.05, 0) is 26.0 Å². The molecule has 0 aliphatic carbocycles. The predicted octanol–water partition coefficient (Wildman–Crippen LogP) is 1.46. The van der Waals surface area contributed by atoms with Crippen molar-refractivity contribution >= 4 is 21.4 Å². The first-order chi connectivity index (χ1) is 9.42. The second-order valence-electron chi connectivity index (χ2n) is 4.07. The molecule has 0 radical (unpaired) electrons. The molecule has 0 fully saturated rings. The summed E-state index contributed by atoms with van der Waals surface area (Å²) in [7, 11) is -3.64. The highest BCUT2D eigenvalue weighted by Gasteiger charge is 2.27. The minimum absolute atomic E-state index is 0.433. The molecule has 6 heteroatoms. The lowest BCUT2D eigenvalue weighted by Gasteiger charge is -2.14. The minimum atomic E-state index is -3.64. The molecule has 20 heavy (non-hydrogen) atoms. The van der Waals surface area contributed by atoms with E-state index in [9.17, 15) is 13.2 Å². The van der Waals surface area contributed by atoms with Gasteiger partial charge < -0.3 is 10.1 Å². The number of carbonyl (C=O) groups is 1. The van der Waals surface area contributed by atoms with Crippen LogP contribution in [0.25, 0.3) is 0 Å². The average Bonchev–Trinajstić information content (AvgIpc) is 2.40.